The molecule has 0 bridgehead atoms. The monoisotopic (exact) mass is 251 g/mol. The molecule has 0 aromatic heterocycles. The maximum absolute atomic E-state index is 11.3. The van der Waals surface area contributed by atoms with Gasteiger partial charge in [-0.05, 0) is 24.0 Å². The number of aliphatic hydroxyl groups is 1. The van der Waals surface area contributed by atoms with Crippen LogP contribution in [0.2, 0.25) is 0 Å². The largest absolute Gasteiger partial charge is 0.443 e. The van der Waals surface area contributed by atoms with Gasteiger partial charge in [0.1, 0.15) is 12.2 Å². The number of amides is 1. The summed E-state index contributed by atoms with van der Waals surface area (Å²) in [4.78, 5) is 11.3. The van der Waals surface area contributed by atoms with E-state index in [4.69, 9.17) is 4.74 Å². The first-order valence-corrected chi connectivity index (χ1v) is 6.09. The van der Waals surface area contributed by atoms with Crippen LogP contribution in [0, 0.1) is 12.8 Å². The molecule has 1 aromatic carbocycles. The van der Waals surface area contributed by atoms with Crippen molar-refractivity contribution in [3.8, 4) is 0 Å². The van der Waals surface area contributed by atoms with Gasteiger partial charge in [-0.15, -0.1) is 0 Å². The highest BCUT2D eigenvalue weighted by molar-refractivity contribution is 5.67. The molecule has 0 spiro atoms. The molecule has 4 nitrogen and oxygen atoms in total. The van der Waals surface area contributed by atoms with E-state index in [-0.39, 0.29) is 5.92 Å². The first-order valence-electron chi connectivity index (χ1n) is 6.09. The van der Waals surface area contributed by atoms with Crippen LogP contribution in [0.15, 0.2) is 24.3 Å². The molecular formula is C14H21NO3. The number of ether oxygens (including phenoxy) is 1. The predicted molar refractivity (Wildman–Crippen MR) is 70.3 cm³/mol. The summed E-state index contributed by atoms with van der Waals surface area (Å²) in [6.07, 6.45) is -1.91. The smallest absolute Gasteiger partial charge is 0.407 e. The summed E-state index contributed by atoms with van der Waals surface area (Å²) >= 11 is 0. The third-order valence-electron chi connectivity index (χ3n) is 2.92. The van der Waals surface area contributed by atoms with Gasteiger partial charge in [-0.1, -0.05) is 38.1 Å². The second-order valence-corrected chi connectivity index (χ2v) is 4.67. The molecule has 0 radical (unpaired) electrons. The van der Waals surface area contributed by atoms with Gasteiger partial charge in [0.05, 0.1) is 0 Å². The van der Waals surface area contributed by atoms with Gasteiger partial charge in [-0.2, -0.15) is 0 Å². The van der Waals surface area contributed by atoms with Gasteiger partial charge in [-0.3, -0.25) is 0 Å². The highest BCUT2D eigenvalue weighted by Gasteiger charge is 2.28. The molecule has 1 aromatic rings. The molecule has 1 rings (SSSR count). The highest BCUT2D eigenvalue weighted by atomic mass is 16.6. The summed E-state index contributed by atoms with van der Waals surface area (Å²) in [7, 11) is 1.50. The number of aryl methyl sites for hydroxylation is 1. The Labute approximate surface area is 108 Å². The number of alkyl carbamates (subject to hydrolysis) is 1. The third-order valence-corrected chi connectivity index (χ3v) is 2.92. The Kier molecular flexibility index (Phi) is 5.16. The Hall–Kier alpha value is -1.55. The van der Waals surface area contributed by atoms with Crippen molar-refractivity contribution in [3.05, 3.63) is 35.4 Å². The lowest BCUT2D eigenvalue weighted by Gasteiger charge is -2.27. The van der Waals surface area contributed by atoms with Crippen molar-refractivity contribution in [2.75, 3.05) is 7.05 Å². The molecule has 0 heterocycles. The number of nitrogens with one attached hydrogen (secondary N) is 1. The Morgan fingerprint density at radius 3 is 2.44 bits per heavy atom. The van der Waals surface area contributed by atoms with E-state index in [0.717, 1.165) is 11.1 Å². The predicted octanol–water partition coefficient (Wildman–Crippen LogP) is 2.41. The van der Waals surface area contributed by atoms with E-state index in [1.807, 2.05) is 45.0 Å². The van der Waals surface area contributed by atoms with Crippen LogP contribution >= 0.6 is 0 Å². The normalized spacial score (nSPS) is 14.1. The van der Waals surface area contributed by atoms with Gasteiger partial charge in [0.15, 0.2) is 0 Å². The average molecular weight is 251 g/mol. The zero-order chi connectivity index (χ0) is 13.7. The van der Waals surface area contributed by atoms with E-state index in [1.165, 1.54) is 7.05 Å². The van der Waals surface area contributed by atoms with E-state index in [0.29, 0.717) is 0 Å². The molecule has 0 aliphatic carbocycles. The first-order chi connectivity index (χ1) is 8.47. The zero-order valence-corrected chi connectivity index (χ0v) is 11.3. The molecule has 100 valence electrons. The molecule has 0 fully saturated rings. The van der Waals surface area contributed by atoms with Gasteiger partial charge in [0.25, 0.3) is 0 Å². The molecule has 2 unspecified atom stereocenters. The van der Waals surface area contributed by atoms with Crippen LogP contribution in [0.1, 0.15) is 31.1 Å². The van der Waals surface area contributed by atoms with Gasteiger partial charge >= 0.3 is 6.09 Å². The van der Waals surface area contributed by atoms with Crippen LogP contribution in [0.5, 0.6) is 0 Å². The summed E-state index contributed by atoms with van der Waals surface area (Å²) in [5.74, 6) is 0.0249. The van der Waals surface area contributed by atoms with Crippen molar-refractivity contribution in [3.63, 3.8) is 0 Å². The van der Waals surface area contributed by atoms with Gasteiger partial charge < -0.3 is 15.2 Å². The first kappa shape index (κ1) is 14.5. The Balaban J connectivity index is 2.93. The quantitative estimate of drug-likeness (QED) is 0.864. The minimum absolute atomic E-state index is 0.0249. The standard InChI is InChI=1S/C14H21NO3/c1-9(2)13(18-14(17)15-4)12(16)11-8-6-5-7-10(11)3/h5-9,12-13,16H,1-4H3,(H,15,17). The molecule has 2 atom stereocenters. The fourth-order valence-electron chi connectivity index (χ4n) is 1.84. The minimum atomic E-state index is -0.816. The summed E-state index contributed by atoms with van der Waals surface area (Å²) in [5.41, 5.74) is 1.77. The molecule has 2 N–H and O–H groups in total. The number of carbonyl (C=O) groups is 1. The molecular weight excluding hydrogens is 230 g/mol. The maximum Gasteiger partial charge on any atom is 0.407 e. The molecule has 18 heavy (non-hydrogen) atoms. The van der Waals surface area contributed by atoms with Crippen molar-refractivity contribution in [1.82, 2.24) is 5.32 Å². The highest BCUT2D eigenvalue weighted by Crippen LogP contribution is 2.26. The zero-order valence-electron chi connectivity index (χ0n) is 11.3. The number of benzene rings is 1. The van der Waals surface area contributed by atoms with Crippen LogP contribution in [-0.2, 0) is 4.74 Å². The van der Waals surface area contributed by atoms with E-state index < -0.39 is 18.3 Å². The summed E-state index contributed by atoms with van der Waals surface area (Å²) in [5, 5.41) is 12.8. The lowest BCUT2D eigenvalue weighted by atomic mass is 9.93. The van der Waals surface area contributed by atoms with E-state index in [1.54, 1.807) is 0 Å². The van der Waals surface area contributed by atoms with Crippen molar-refractivity contribution < 1.29 is 14.6 Å². The van der Waals surface area contributed by atoms with Gasteiger partial charge in [-0.25, -0.2) is 4.79 Å². The number of hydrogen-bond acceptors (Lipinski definition) is 3. The summed E-state index contributed by atoms with van der Waals surface area (Å²) in [6, 6.07) is 7.55. The fourth-order valence-corrected chi connectivity index (χ4v) is 1.84. The molecule has 1 amide bonds. The number of hydrogen-bond donors (Lipinski definition) is 2. The lowest BCUT2D eigenvalue weighted by molar-refractivity contribution is -0.0225. The van der Waals surface area contributed by atoms with Crippen LogP contribution in [-0.4, -0.2) is 24.4 Å². The van der Waals surface area contributed by atoms with Crippen LogP contribution in [0.3, 0.4) is 0 Å². The topological polar surface area (TPSA) is 58.6 Å². The second kappa shape index (κ2) is 6.40. The van der Waals surface area contributed by atoms with E-state index >= 15 is 0 Å². The lowest BCUT2D eigenvalue weighted by Crippen LogP contribution is -2.34. The van der Waals surface area contributed by atoms with Crippen LogP contribution in [0.25, 0.3) is 0 Å². The second-order valence-electron chi connectivity index (χ2n) is 4.67. The molecule has 0 aliphatic heterocycles. The van der Waals surface area contributed by atoms with Crippen LogP contribution in [0.4, 0.5) is 4.79 Å². The Morgan fingerprint density at radius 1 is 1.33 bits per heavy atom. The summed E-state index contributed by atoms with van der Waals surface area (Å²) in [6.45, 7) is 5.75. The van der Waals surface area contributed by atoms with Crippen molar-refractivity contribution in [2.24, 2.45) is 5.92 Å². The molecule has 0 saturated carbocycles. The van der Waals surface area contributed by atoms with Gasteiger partial charge in [0, 0.05) is 7.05 Å². The van der Waals surface area contributed by atoms with Crippen LogP contribution < -0.4 is 5.32 Å². The SMILES string of the molecule is CNC(=O)OC(C(C)C)C(O)c1ccccc1C. The minimum Gasteiger partial charge on any atom is -0.443 e. The van der Waals surface area contributed by atoms with Crippen molar-refractivity contribution in [1.29, 1.82) is 0 Å². The third kappa shape index (κ3) is 3.47. The Morgan fingerprint density at radius 2 is 1.94 bits per heavy atom. The number of aliphatic hydroxyl groups excluding tert-OH is 1. The summed E-state index contributed by atoms with van der Waals surface area (Å²) < 4.78 is 5.23. The van der Waals surface area contributed by atoms with Crippen molar-refractivity contribution in [2.45, 2.75) is 33.0 Å². The maximum atomic E-state index is 11.3. The molecule has 0 saturated heterocycles. The molecule has 0 aliphatic rings. The van der Waals surface area contributed by atoms with Crippen molar-refractivity contribution >= 4 is 6.09 Å². The fraction of sp³-hybridized carbons (Fsp3) is 0.500. The van der Waals surface area contributed by atoms with Gasteiger partial charge in [0.2, 0.25) is 0 Å². The number of rotatable bonds is 4. The molecule has 4 heteroatoms. The van der Waals surface area contributed by atoms with E-state index in [9.17, 15) is 9.90 Å². The average Bonchev–Trinajstić information content (AvgIpc) is 2.35. The Bertz CT molecular complexity index is 404. The number of carbonyl (C=O) groups excluding carboxylic acids is 1. The van der Waals surface area contributed by atoms with E-state index in [2.05, 4.69) is 5.32 Å².